The number of nitro groups is 1. The third-order valence-electron chi connectivity index (χ3n) is 5.06. The Balaban J connectivity index is 1.65. The van der Waals surface area contributed by atoms with Gasteiger partial charge < -0.3 is 15.5 Å². The molecule has 0 spiro atoms. The van der Waals surface area contributed by atoms with Crippen LogP contribution >= 0.6 is 0 Å². The third-order valence-corrected chi connectivity index (χ3v) is 5.06. The van der Waals surface area contributed by atoms with E-state index in [4.69, 9.17) is 0 Å². The standard InChI is InChI=1S/C22H24N4O4/c1-25(2)18(11-15-7-4-3-5-8-15)14-24-20-19(21(27)22(20)28)23-13-16-9-6-10-17(12-16)26(29)30/h3-10,12,18,23-24H,11,13-14H2,1-2H3. The van der Waals surface area contributed by atoms with Crippen molar-refractivity contribution in [3.8, 4) is 0 Å². The lowest BCUT2D eigenvalue weighted by molar-refractivity contribution is -0.384. The molecular weight excluding hydrogens is 384 g/mol. The van der Waals surface area contributed by atoms with Crippen LogP contribution in [0.2, 0.25) is 0 Å². The van der Waals surface area contributed by atoms with Crippen molar-refractivity contribution in [2.45, 2.75) is 19.0 Å². The fourth-order valence-electron chi connectivity index (χ4n) is 3.24. The second-order valence-electron chi connectivity index (χ2n) is 7.38. The second-order valence-corrected chi connectivity index (χ2v) is 7.38. The molecule has 30 heavy (non-hydrogen) atoms. The van der Waals surface area contributed by atoms with Gasteiger partial charge in [0.15, 0.2) is 0 Å². The molecule has 156 valence electrons. The summed E-state index contributed by atoms with van der Waals surface area (Å²) in [5, 5.41) is 17.0. The van der Waals surface area contributed by atoms with Gasteiger partial charge in [-0.1, -0.05) is 42.5 Å². The molecule has 8 heteroatoms. The monoisotopic (exact) mass is 408 g/mol. The molecule has 3 aromatic carbocycles. The Morgan fingerprint density at radius 1 is 0.933 bits per heavy atom. The summed E-state index contributed by atoms with van der Waals surface area (Å²) in [5.74, 6) is 0. The number of nitrogens with zero attached hydrogens (tertiary/aromatic N) is 2. The smallest absolute Gasteiger partial charge is 0.269 e. The highest BCUT2D eigenvalue weighted by Crippen LogP contribution is 2.18. The van der Waals surface area contributed by atoms with Crippen molar-refractivity contribution in [1.82, 2.24) is 4.90 Å². The first-order chi connectivity index (χ1) is 14.4. The average Bonchev–Trinajstić information content (AvgIpc) is 2.75. The van der Waals surface area contributed by atoms with Crippen molar-refractivity contribution in [3.05, 3.63) is 96.3 Å². The molecule has 0 bridgehead atoms. The van der Waals surface area contributed by atoms with Gasteiger partial charge in [-0.05, 0) is 31.6 Å². The van der Waals surface area contributed by atoms with E-state index in [2.05, 4.69) is 27.7 Å². The summed E-state index contributed by atoms with van der Waals surface area (Å²) >= 11 is 0. The summed E-state index contributed by atoms with van der Waals surface area (Å²) in [6.45, 7) is 0.709. The van der Waals surface area contributed by atoms with Crippen LogP contribution in [0.3, 0.4) is 0 Å². The van der Waals surface area contributed by atoms with E-state index in [9.17, 15) is 19.7 Å². The lowest BCUT2D eigenvalue weighted by atomic mass is 10.0. The zero-order valence-corrected chi connectivity index (χ0v) is 16.9. The Bertz CT molecular complexity index is 1090. The van der Waals surface area contributed by atoms with Crippen molar-refractivity contribution in [2.24, 2.45) is 0 Å². The zero-order chi connectivity index (χ0) is 21.7. The van der Waals surface area contributed by atoms with Gasteiger partial charge >= 0.3 is 0 Å². The van der Waals surface area contributed by atoms with Gasteiger partial charge in [-0.25, -0.2) is 0 Å². The zero-order valence-electron chi connectivity index (χ0n) is 16.9. The number of likely N-dealkylation sites (N-methyl/N-ethyl adjacent to an activating group) is 1. The quantitative estimate of drug-likeness (QED) is 0.301. The molecule has 0 saturated carbocycles. The van der Waals surface area contributed by atoms with Crippen LogP contribution in [0.15, 0.2) is 64.2 Å². The first-order valence-corrected chi connectivity index (χ1v) is 9.61. The summed E-state index contributed by atoms with van der Waals surface area (Å²) < 4.78 is 0. The first kappa shape index (κ1) is 21.2. The van der Waals surface area contributed by atoms with E-state index in [0.717, 1.165) is 6.42 Å². The van der Waals surface area contributed by atoms with Crippen LogP contribution in [0.25, 0.3) is 0 Å². The Labute approximate surface area is 174 Å². The molecule has 2 N–H and O–H groups in total. The first-order valence-electron chi connectivity index (χ1n) is 9.61. The molecule has 3 rings (SSSR count). The van der Waals surface area contributed by atoms with Gasteiger partial charge in [-0.2, -0.15) is 0 Å². The molecule has 1 atom stereocenters. The van der Waals surface area contributed by atoms with Crippen molar-refractivity contribution in [3.63, 3.8) is 0 Å². The molecule has 8 nitrogen and oxygen atoms in total. The molecule has 0 aliphatic heterocycles. The van der Waals surface area contributed by atoms with Crippen LogP contribution in [-0.4, -0.2) is 36.5 Å². The summed E-state index contributed by atoms with van der Waals surface area (Å²) in [6.07, 6.45) is 0.798. The van der Waals surface area contributed by atoms with Crippen LogP contribution in [0.4, 0.5) is 17.1 Å². The summed E-state index contributed by atoms with van der Waals surface area (Å²) in [6, 6.07) is 16.3. The summed E-state index contributed by atoms with van der Waals surface area (Å²) in [5.41, 5.74) is 1.19. The second kappa shape index (κ2) is 9.32. The van der Waals surface area contributed by atoms with Crippen LogP contribution in [0, 0.1) is 10.1 Å². The average molecular weight is 408 g/mol. The number of hydrogen-bond donors (Lipinski definition) is 2. The number of nitrogens with one attached hydrogen (secondary N) is 2. The maximum atomic E-state index is 12.1. The maximum absolute atomic E-state index is 12.1. The predicted octanol–water partition coefficient (Wildman–Crippen LogP) is 2.39. The van der Waals surface area contributed by atoms with Gasteiger partial charge in [0.05, 0.1) is 4.92 Å². The molecule has 0 fully saturated rings. The molecule has 0 saturated heterocycles. The van der Waals surface area contributed by atoms with Crippen molar-refractivity contribution >= 4 is 17.1 Å². The van der Waals surface area contributed by atoms with E-state index in [1.165, 1.54) is 17.7 Å². The highest BCUT2D eigenvalue weighted by atomic mass is 16.6. The lowest BCUT2D eigenvalue weighted by Crippen LogP contribution is -2.42. The number of nitro benzene ring substituents is 1. The van der Waals surface area contributed by atoms with Gasteiger partial charge in [0, 0.05) is 31.3 Å². The third kappa shape index (κ3) is 4.90. The molecule has 3 aromatic rings. The highest BCUT2D eigenvalue weighted by Gasteiger charge is 2.22. The maximum Gasteiger partial charge on any atom is 0.269 e. The van der Waals surface area contributed by atoms with E-state index >= 15 is 0 Å². The molecular formula is C22H24N4O4. The minimum Gasteiger partial charge on any atom is -0.378 e. The van der Waals surface area contributed by atoms with E-state index in [1.54, 1.807) is 12.1 Å². The Morgan fingerprint density at radius 2 is 1.57 bits per heavy atom. The molecule has 0 aliphatic carbocycles. The molecule has 0 radical (unpaired) electrons. The van der Waals surface area contributed by atoms with E-state index < -0.39 is 15.8 Å². The fourth-order valence-corrected chi connectivity index (χ4v) is 3.24. The van der Waals surface area contributed by atoms with Crippen LogP contribution in [0.5, 0.6) is 0 Å². The SMILES string of the molecule is CN(C)C(CNc1c(NCc2cccc([N+](=O)[O-])c2)c(=O)c1=O)Cc1ccccc1. The number of hydrogen-bond acceptors (Lipinski definition) is 7. The van der Waals surface area contributed by atoms with E-state index in [1.807, 2.05) is 32.3 Å². The van der Waals surface area contributed by atoms with Gasteiger partial charge in [0.1, 0.15) is 11.4 Å². The minimum atomic E-state index is -0.576. The Kier molecular flexibility index (Phi) is 6.58. The highest BCUT2D eigenvalue weighted by molar-refractivity contribution is 5.74. The molecule has 0 heterocycles. The Hall–Kier alpha value is -3.52. The predicted molar refractivity (Wildman–Crippen MR) is 118 cm³/mol. The van der Waals surface area contributed by atoms with E-state index in [0.29, 0.717) is 12.1 Å². The van der Waals surface area contributed by atoms with Crippen LogP contribution < -0.4 is 21.5 Å². The van der Waals surface area contributed by atoms with Crippen molar-refractivity contribution in [2.75, 3.05) is 31.3 Å². The van der Waals surface area contributed by atoms with Gasteiger partial charge in [-0.3, -0.25) is 19.7 Å². The number of benzene rings is 2. The van der Waals surface area contributed by atoms with Crippen molar-refractivity contribution < 1.29 is 4.92 Å². The fraction of sp³-hybridized carbons (Fsp3) is 0.273. The largest absolute Gasteiger partial charge is 0.378 e. The van der Waals surface area contributed by atoms with E-state index in [-0.39, 0.29) is 29.6 Å². The molecule has 1 unspecified atom stereocenters. The molecule has 0 aromatic heterocycles. The minimum absolute atomic E-state index is 0.0209. The van der Waals surface area contributed by atoms with Crippen LogP contribution in [-0.2, 0) is 13.0 Å². The molecule has 0 amide bonds. The topological polar surface area (TPSA) is 105 Å². The lowest BCUT2D eigenvalue weighted by Gasteiger charge is -2.26. The number of non-ortho nitro benzene ring substituents is 1. The Morgan fingerprint density at radius 3 is 2.20 bits per heavy atom. The summed E-state index contributed by atoms with van der Waals surface area (Å²) in [7, 11) is 3.94. The summed E-state index contributed by atoms with van der Waals surface area (Å²) in [4.78, 5) is 36.6. The van der Waals surface area contributed by atoms with Gasteiger partial charge in [-0.15, -0.1) is 0 Å². The molecule has 0 aliphatic rings. The number of anilines is 2. The van der Waals surface area contributed by atoms with Crippen molar-refractivity contribution in [1.29, 1.82) is 0 Å². The van der Waals surface area contributed by atoms with Crippen LogP contribution in [0.1, 0.15) is 11.1 Å². The number of rotatable bonds is 10. The van der Waals surface area contributed by atoms with Gasteiger partial charge in [0.2, 0.25) is 0 Å². The van der Waals surface area contributed by atoms with Gasteiger partial charge in [0.25, 0.3) is 16.5 Å². The normalized spacial score (nSPS) is 12.1.